The molecule has 1 saturated heterocycles. The van der Waals surface area contributed by atoms with Gasteiger partial charge < -0.3 is 15.3 Å². The molecule has 2 amide bonds. The highest BCUT2D eigenvalue weighted by Crippen LogP contribution is 2.32. The fourth-order valence-corrected chi connectivity index (χ4v) is 4.12. The second kappa shape index (κ2) is 7.42. The maximum atomic E-state index is 13.1. The van der Waals surface area contributed by atoms with Crippen molar-refractivity contribution in [3.8, 4) is 0 Å². The zero-order chi connectivity index (χ0) is 17.9. The van der Waals surface area contributed by atoms with Crippen molar-refractivity contribution in [2.45, 2.75) is 56.4 Å². The number of benzene rings is 1. The van der Waals surface area contributed by atoms with Crippen molar-refractivity contribution in [1.29, 1.82) is 0 Å². The predicted octanol–water partition coefficient (Wildman–Crippen LogP) is 3.50. The van der Waals surface area contributed by atoms with Crippen LogP contribution in [-0.4, -0.2) is 40.6 Å². The topological polar surface area (TPSA) is 69.6 Å². The molecule has 0 unspecified atom stereocenters. The molecule has 1 aromatic rings. The van der Waals surface area contributed by atoms with Crippen molar-refractivity contribution in [2.24, 2.45) is 0 Å². The molecule has 5 nitrogen and oxygen atoms in total. The molecule has 3 rings (SSSR count). The third-order valence-electron chi connectivity index (χ3n) is 5.49. The maximum absolute atomic E-state index is 13.1. The quantitative estimate of drug-likeness (QED) is 0.875. The molecule has 1 saturated carbocycles. The van der Waals surface area contributed by atoms with E-state index >= 15 is 0 Å². The number of hydrogen-bond donors (Lipinski definition) is 2. The van der Waals surface area contributed by atoms with Crippen LogP contribution in [0.25, 0.3) is 0 Å². The fourth-order valence-electron chi connectivity index (χ4n) is 4.12. The van der Waals surface area contributed by atoms with Crippen LogP contribution < -0.4 is 5.32 Å². The number of carbonyl (C=O) groups is 2. The SMILES string of the molecule is O=C(O)CC1(NC(=O)N2CC[C@H](c3ccc(F)cc3)C2)CCCCC1. The number of halogens is 1. The monoisotopic (exact) mass is 348 g/mol. The second-order valence-corrected chi connectivity index (χ2v) is 7.32. The number of hydrogen-bond acceptors (Lipinski definition) is 2. The minimum atomic E-state index is -0.868. The number of urea groups is 1. The minimum Gasteiger partial charge on any atom is -0.481 e. The number of carbonyl (C=O) groups excluding carboxylic acids is 1. The number of amides is 2. The molecule has 0 radical (unpaired) electrons. The molecule has 0 aromatic heterocycles. The summed E-state index contributed by atoms with van der Waals surface area (Å²) in [5.74, 6) is -0.926. The number of nitrogens with zero attached hydrogens (tertiary/aromatic N) is 1. The lowest BCUT2D eigenvalue weighted by molar-refractivity contribution is -0.139. The summed E-state index contributed by atoms with van der Waals surface area (Å²) in [6.45, 7) is 1.22. The van der Waals surface area contributed by atoms with Crippen molar-refractivity contribution in [2.75, 3.05) is 13.1 Å². The van der Waals surface area contributed by atoms with E-state index in [1.54, 1.807) is 17.0 Å². The van der Waals surface area contributed by atoms with Crippen LogP contribution in [0.1, 0.15) is 56.4 Å². The van der Waals surface area contributed by atoms with E-state index in [2.05, 4.69) is 5.32 Å². The average Bonchev–Trinajstić information content (AvgIpc) is 3.05. The lowest BCUT2D eigenvalue weighted by Crippen LogP contribution is -2.54. The fraction of sp³-hybridized carbons (Fsp3) is 0.579. The highest BCUT2D eigenvalue weighted by Gasteiger charge is 2.38. The first kappa shape index (κ1) is 17.7. The third kappa shape index (κ3) is 4.30. The minimum absolute atomic E-state index is 0.0199. The normalized spacial score (nSPS) is 22.6. The second-order valence-electron chi connectivity index (χ2n) is 7.32. The largest absolute Gasteiger partial charge is 0.481 e. The Morgan fingerprint density at radius 2 is 1.88 bits per heavy atom. The summed E-state index contributed by atoms with van der Waals surface area (Å²) in [6.07, 6.45) is 5.25. The van der Waals surface area contributed by atoms with Gasteiger partial charge in [-0.15, -0.1) is 0 Å². The molecule has 2 fully saturated rings. The van der Waals surface area contributed by atoms with Gasteiger partial charge in [-0.05, 0) is 37.0 Å². The molecule has 1 aliphatic heterocycles. The standard InChI is InChI=1S/C19H25FN2O3/c20-16-6-4-14(5-7-16)15-8-11-22(13-15)18(25)21-19(12-17(23)24)9-2-1-3-10-19/h4-7,15H,1-3,8-13H2,(H,21,25)(H,23,24)/t15-/m0/s1. The van der Waals surface area contributed by atoms with Crippen molar-refractivity contribution >= 4 is 12.0 Å². The Bertz CT molecular complexity index is 626. The first-order valence-corrected chi connectivity index (χ1v) is 9.02. The Morgan fingerprint density at radius 1 is 1.20 bits per heavy atom. The summed E-state index contributed by atoms with van der Waals surface area (Å²) in [7, 11) is 0. The van der Waals surface area contributed by atoms with Crippen LogP contribution in [0.4, 0.5) is 9.18 Å². The van der Waals surface area contributed by atoms with Gasteiger partial charge in [0.25, 0.3) is 0 Å². The Morgan fingerprint density at radius 3 is 2.52 bits per heavy atom. The summed E-state index contributed by atoms with van der Waals surface area (Å²) in [5, 5.41) is 12.3. The number of carboxylic acid groups (broad SMARTS) is 1. The molecule has 25 heavy (non-hydrogen) atoms. The molecular formula is C19H25FN2O3. The van der Waals surface area contributed by atoms with Gasteiger partial charge in [0.1, 0.15) is 5.82 Å². The van der Waals surface area contributed by atoms with Crippen LogP contribution in [0.5, 0.6) is 0 Å². The third-order valence-corrected chi connectivity index (χ3v) is 5.49. The van der Waals surface area contributed by atoms with Gasteiger partial charge in [-0.2, -0.15) is 0 Å². The van der Waals surface area contributed by atoms with Crippen molar-refractivity contribution in [3.05, 3.63) is 35.6 Å². The molecule has 0 bridgehead atoms. The van der Waals surface area contributed by atoms with Crippen LogP contribution in [0.2, 0.25) is 0 Å². The Labute approximate surface area is 147 Å². The Kier molecular flexibility index (Phi) is 5.25. The van der Waals surface area contributed by atoms with Crippen LogP contribution in [0, 0.1) is 5.82 Å². The molecule has 1 atom stereocenters. The molecule has 1 aromatic carbocycles. The highest BCUT2D eigenvalue weighted by atomic mass is 19.1. The van der Waals surface area contributed by atoms with Gasteiger partial charge >= 0.3 is 12.0 Å². The molecule has 1 aliphatic carbocycles. The van der Waals surface area contributed by atoms with E-state index in [1.165, 1.54) is 12.1 Å². The van der Waals surface area contributed by atoms with Crippen molar-refractivity contribution in [1.82, 2.24) is 10.2 Å². The summed E-state index contributed by atoms with van der Waals surface area (Å²) in [5.41, 5.74) is 0.421. The zero-order valence-electron chi connectivity index (χ0n) is 14.3. The van der Waals surface area contributed by atoms with Crippen LogP contribution in [0.15, 0.2) is 24.3 Å². The molecule has 1 heterocycles. The van der Waals surface area contributed by atoms with E-state index in [0.29, 0.717) is 13.1 Å². The number of rotatable bonds is 4. The number of aliphatic carboxylic acids is 1. The van der Waals surface area contributed by atoms with E-state index < -0.39 is 11.5 Å². The molecular weight excluding hydrogens is 323 g/mol. The number of carboxylic acids is 1. The molecule has 6 heteroatoms. The zero-order valence-corrected chi connectivity index (χ0v) is 14.3. The first-order chi connectivity index (χ1) is 12.0. The van der Waals surface area contributed by atoms with Crippen molar-refractivity contribution < 1.29 is 19.1 Å². The molecule has 2 aliphatic rings. The molecule has 0 spiro atoms. The van der Waals surface area contributed by atoms with Gasteiger partial charge in [0.05, 0.1) is 12.0 Å². The van der Waals surface area contributed by atoms with Gasteiger partial charge in [0.15, 0.2) is 0 Å². The van der Waals surface area contributed by atoms with E-state index in [9.17, 15) is 19.1 Å². The Hall–Kier alpha value is -2.11. The molecule has 2 N–H and O–H groups in total. The molecule has 136 valence electrons. The van der Waals surface area contributed by atoms with Crippen molar-refractivity contribution in [3.63, 3.8) is 0 Å². The van der Waals surface area contributed by atoms with E-state index in [1.807, 2.05) is 0 Å². The van der Waals surface area contributed by atoms with Gasteiger partial charge in [0, 0.05) is 19.0 Å². The van der Waals surface area contributed by atoms with E-state index in [4.69, 9.17) is 0 Å². The summed E-state index contributed by atoms with van der Waals surface area (Å²) >= 11 is 0. The number of nitrogens with one attached hydrogen (secondary N) is 1. The predicted molar refractivity (Wildman–Crippen MR) is 91.9 cm³/mol. The lowest BCUT2D eigenvalue weighted by atomic mass is 9.79. The van der Waals surface area contributed by atoms with Crippen LogP contribution in [0.3, 0.4) is 0 Å². The Balaban J connectivity index is 1.62. The highest BCUT2D eigenvalue weighted by molar-refractivity contribution is 5.77. The maximum Gasteiger partial charge on any atom is 0.317 e. The lowest BCUT2D eigenvalue weighted by Gasteiger charge is -2.38. The summed E-state index contributed by atoms with van der Waals surface area (Å²) in [4.78, 5) is 25.7. The number of likely N-dealkylation sites (tertiary alicyclic amines) is 1. The van der Waals surface area contributed by atoms with Gasteiger partial charge in [-0.25, -0.2) is 9.18 Å². The smallest absolute Gasteiger partial charge is 0.317 e. The van der Waals surface area contributed by atoms with Gasteiger partial charge in [-0.1, -0.05) is 31.4 Å². The van der Waals surface area contributed by atoms with E-state index in [-0.39, 0.29) is 24.2 Å². The first-order valence-electron chi connectivity index (χ1n) is 9.02. The summed E-state index contributed by atoms with van der Waals surface area (Å²) in [6, 6.07) is 6.26. The average molecular weight is 348 g/mol. The van der Waals surface area contributed by atoms with Gasteiger partial charge in [-0.3, -0.25) is 4.79 Å². The summed E-state index contributed by atoms with van der Waals surface area (Å²) < 4.78 is 13.1. The van der Waals surface area contributed by atoms with Gasteiger partial charge in [0.2, 0.25) is 0 Å². The van der Waals surface area contributed by atoms with Crippen LogP contribution >= 0.6 is 0 Å². The van der Waals surface area contributed by atoms with Crippen LogP contribution in [-0.2, 0) is 4.79 Å². The van der Waals surface area contributed by atoms with E-state index in [0.717, 1.165) is 44.1 Å².